The molecule has 0 spiro atoms. The van der Waals surface area contributed by atoms with E-state index in [-0.39, 0.29) is 24.5 Å². The Morgan fingerprint density at radius 1 is 1.48 bits per heavy atom. The number of carbonyl (C=O) groups excluding carboxylic acids is 1. The Bertz CT molecular complexity index is 562. The fourth-order valence-corrected chi connectivity index (χ4v) is 3.28. The second-order valence-corrected chi connectivity index (χ2v) is 6.21. The second-order valence-electron chi connectivity index (χ2n) is 6.21. The van der Waals surface area contributed by atoms with E-state index in [2.05, 4.69) is 15.3 Å². The zero-order valence-electron chi connectivity index (χ0n) is 12.1. The summed E-state index contributed by atoms with van der Waals surface area (Å²) in [5.41, 5.74) is 1.34. The van der Waals surface area contributed by atoms with Crippen LogP contribution in [0.5, 0.6) is 0 Å². The van der Waals surface area contributed by atoms with Crippen molar-refractivity contribution in [3.8, 4) is 0 Å². The smallest absolute Gasteiger partial charge is 0.326 e. The molecule has 1 aromatic rings. The van der Waals surface area contributed by atoms with Crippen LogP contribution in [0.2, 0.25) is 0 Å². The quantitative estimate of drug-likeness (QED) is 0.764. The van der Waals surface area contributed by atoms with E-state index in [1.54, 1.807) is 6.33 Å². The number of carbonyl (C=O) groups is 2. The topological polar surface area (TPSA) is 98.3 Å². The standard InChI is InChI=1S/C14H20N4O3/c1-14(4-2-3-5-14)17-13(21)18-7-10-9(15-8-16-10)6-11(18)12(19)20/h8,11H,2-7H2,1H3,(H,15,16)(H,17,21)(H,19,20). The number of urea groups is 1. The van der Waals surface area contributed by atoms with Crippen molar-refractivity contribution in [2.24, 2.45) is 0 Å². The lowest BCUT2D eigenvalue weighted by Gasteiger charge is -2.35. The average Bonchev–Trinajstić information content (AvgIpc) is 3.05. The van der Waals surface area contributed by atoms with Crippen LogP contribution < -0.4 is 5.32 Å². The summed E-state index contributed by atoms with van der Waals surface area (Å²) in [7, 11) is 0. The van der Waals surface area contributed by atoms with Gasteiger partial charge in [-0.15, -0.1) is 0 Å². The summed E-state index contributed by atoms with van der Waals surface area (Å²) in [5.74, 6) is -0.990. The van der Waals surface area contributed by atoms with Gasteiger partial charge in [-0.2, -0.15) is 0 Å². The molecular weight excluding hydrogens is 272 g/mol. The number of carboxylic acid groups (broad SMARTS) is 1. The van der Waals surface area contributed by atoms with Gasteiger partial charge in [0, 0.05) is 12.0 Å². The van der Waals surface area contributed by atoms with Gasteiger partial charge >= 0.3 is 12.0 Å². The van der Waals surface area contributed by atoms with Crippen molar-refractivity contribution in [3.63, 3.8) is 0 Å². The molecule has 0 bridgehead atoms. The van der Waals surface area contributed by atoms with Crippen LogP contribution in [0, 0.1) is 0 Å². The number of aromatic nitrogens is 2. The van der Waals surface area contributed by atoms with E-state index in [0.29, 0.717) is 0 Å². The molecule has 7 heteroatoms. The Morgan fingerprint density at radius 2 is 2.19 bits per heavy atom. The molecule has 1 unspecified atom stereocenters. The van der Waals surface area contributed by atoms with Crippen LogP contribution in [-0.2, 0) is 17.8 Å². The molecule has 1 aliphatic heterocycles. The minimum absolute atomic E-state index is 0.214. The van der Waals surface area contributed by atoms with E-state index in [0.717, 1.165) is 37.1 Å². The maximum atomic E-state index is 12.5. The highest BCUT2D eigenvalue weighted by Gasteiger charge is 2.39. The summed E-state index contributed by atoms with van der Waals surface area (Å²) >= 11 is 0. The summed E-state index contributed by atoms with van der Waals surface area (Å²) in [6, 6.07) is -1.15. The third-order valence-electron chi connectivity index (χ3n) is 4.56. The molecule has 21 heavy (non-hydrogen) atoms. The number of fused-ring (bicyclic) bond motifs is 1. The summed E-state index contributed by atoms with van der Waals surface area (Å²) in [4.78, 5) is 32.5. The number of hydrogen-bond acceptors (Lipinski definition) is 3. The third kappa shape index (κ3) is 2.59. The van der Waals surface area contributed by atoms with E-state index < -0.39 is 12.0 Å². The predicted octanol–water partition coefficient (Wildman–Crippen LogP) is 1.26. The molecule has 2 heterocycles. The SMILES string of the molecule is CC1(NC(=O)N2Cc3[nH]cnc3CC2C(=O)O)CCCC1. The highest BCUT2D eigenvalue weighted by atomic mass is 16.4. The van der Waals surface area contributed by atoms with Crippen molar-refractivity contribution >= 4 is 12.0 Å². The first-order valence-corrected chi connectivity index (χ1v) is 7.31. The highest BCUT2D eigenvalue weighted by molar-refractivity contribution is 5.83. The van der Waals surface area contributed by atoms with Gasteiger partial charge < -0.3 is 20.3 Å². The summed E-state index contributed by atoms with van der Waals surface area (Å²) in [5, 5.41) is 12.4. The van der Waals surface area contributed by atoms with Crippen LogP contribution in [0.15, 0.2) is 6.33 Å². The Hall–Kier alpha value is -2.05. The number of aliphatic carboxylic acids is 1. The van der Waals surface area contributed by atoms with Crippen LogP contribution in [0.1, 0.15) is 44.0 Å². The molecule has 0 radical (unpaired) electrons. The molecule has 2 amide bonds. The van der Waals surface area contributed by atoms with Crippen molar-refractivity contribution in [2.75, 3.05) is 0 Å². The molecular formula is C14H20N4O3. The number of rotatable bonds is 2. The molecule has 114 valence electrons. The van der Waals surface area contributed by atoms with E-state index in [1.165, 1.54) is 4.90 Å². The molecule has 2 aliphatic rings. The number of nitrogens with zero attached hydrogens (tertiary/aromatic N) is 2. The molecule has 1 aromatic heterocycles. The molecule has 1 saturated carbocycles. The zero-order valence-corrected chi connectivity index (χ0v) is 12.1. The molecule has 7 nitrogen and oxygen atoms in total. The van der Waals surface area contributed by atoms with E-state index in [4.69, 9.17) is 0 Å². The van der Waals surface area contributed by atoms with Crippen LogP contribution in [0.25, 0.3) is 0 Å². The minimum atomic E-state index is -0.990. The monoisotopic (exact) mass is 292 g/mol. The number of imidazole rings is 1. The lowest BCUT2D eigenvalue weighted by Crippen LogP contribution is -2.56. The van der Waals surface area contributed by atoms with Gasteiger partial charge in [0.1, 0.15) is 6.04 Å². The Balaban J connectivity index is 1.78. The van der Waals surface area contributed by atoms with Gasteiger partial charge in [-0.25, -0.2) is 14.6 Å². The van der Waals surface area contributed by atoms with Crippen molar-refractivity contribution in [2.45, 2.75) is 57.2 Å². The average molecular weight is 292 g/mol. The summed E-state index contributed by atoms with van der Waals surface area (Å²) < 4.78 is 0. The van der Waals surface area contributed by atoms with E-state index in [9.17, 15) is 14.7 Å². The lowest BCUT2D eigenvalue weighted by atomic mass is 10.00. The Kier molecular flexibility index (Phi) is 3.35. The molecule has 0 aromatic carbocycles. The van der Waals surface area contributed by atoms with Gasteiger partial charge in [-0.3, -0.25) is 0 Å². The van der Waals surface area contributed by atoms with Gasteiger partial charge in [0.05, 0.1) is 24.3 Å². The summed E-state index contributed by atoms with van der Waals surface area (Å²) in [6.07, 6.45) is 5.88. The van der Waals surface area contributed by atoms with Crippen LogP contribution in [-0.4, -0.2) is 43.6 Å². The van der Waals surface area contributed by atoms with E-state index in [1.807, 2.05) is 6.92 Å². The normalized spacial score (nSPS) is 23.7. The van der Waals surface area contributed by atoms with Gasteiger partial charge in [0.25, 0.3) is 0 Å². The van der Waals surface area contributed by atoms with Crippen molar-refractivity contribution in [3.05, 3.63) is 17.7 Å². The second kappa shape index (κ2) is 5.05. The van der Waals surface area contributed by atoms with Crippen molar-refractivity contribution in [1.82, 2.24) is 20.2 Å². The number of carboxylic acids is 1. The maximum Gasteiger partial charge on any atom is 0.326 e. The molecule has 1 atom stereocenters. The maximum absolute atomic E-state index is 12.5. The third-order valence-corrected chi connectivity index (χ3v) is 4.56. The lowest BCUT2D eigenvalue weighted by molar-refractivity contribution is -0.142. The Labute approximate surface area is 122 Å². The van der Waals surface area contributed by atoms with Gasteiger partial charge in [-0.05, 0) is 19.8 Å². The van der Waals surface area contributed by atoms with E-state index >= 15 is 0 Å². The highest BCUT2D eigenvalue weighted by Crippen LogP contribution is 2.30. The van der Waals surface area contributed by atoms with Crippen molar-refractivity contribution < 1.29 is 14.7 Å². The minimum Gasteiger partial charge on any atom is -0.480 e. The van der Waals surface area contributed by atoms with Gasteiger partial charge in [-0.1, -0.05) is 12.8 Å². The zero-order chi connectivity index (χ0) is 15.0. The number of nitrogens with one attached hydrogen (secondary N) is 2. The number of amides is 2. The predicted molar refractivity (Wildman–Crippen MR) is 74.7 cm³/mol. The molecule has 1 aliphatic carbocycles. The fourth-order valence-electron chi connectivity index (χ4n) is 3.28. The van der Waals surface area contributed by atoms with Gasteiger partial charge in [0.2, 0.25) is 0 Å². The Morgan fingerprint density at radius 3 is 2.86 bits per heavy atom. The molecule has 3 N–H and O–H groups in total. The van der Waals surface area contributed by atoms with Gasteiger partial charge in [0.15, 0.2) is 0 Å². The van der Waals surface area contributed by atoms with Crippen LogP contribution >= 0.6 is 0 Å². The molecule has 0 saturated heterocycles. The molecule has 3 rings (SSSR count). The largest absolute Gasteiger partial charge is 0.480 e. The number of hydrogen-bond donors (Lipinski definition) is 3. The summed E-state index contributed by atoms with van der Waals surface area (Å²) in [6.45, 7) is 2.29. The number of H-pyrrole nitrogens is 1. The fraction of sp³-hybridized carbons (Fsp3) is 0.643. The van der Waals surface area contributed by atoms with Crippen LogP contribution in [0.4, 0.5) is 4.79 Å². The van der Waals surface area contributed by atoms with Crippen molar-refractivity contribution in [1.29, 1.82) is 0 Å². The first-order valence-electron chi connectivity index (χ1n) is 7.31. The number of aromatic amines is 1. The molecule has 1 fully saturated rings. The first kappa shape index (κ1) is 13.9. The van der Waals surface area contributed by atoms with Crippen LogP contribution in [0.3, 0.4) is 0 Å². The first-order chi connectivity index (χ1) is 9.98.